The molecule has 1 aromatic rings. The molecule has 0 radical (unpaired) electrons. The van der Waals surface area contributed by atoms with Gasteiger partial charge in [-0.2, -0.15) is 0 Å². The number of hydrogen-bond donors (Lipinski definition) is 0. The lowest BCUT2D eigenvalue weighted by atomic mass is 10.1. The summed E-state index contributed by atoms with van der Waals surface area (Å²) in [6.07, 6.45) is 2.23. The average molecular weight is 277 g/mol. The number of nitrogens with zero attached hydrogens (tertiary/aromatic N) is 1. The summed E-state index contributed by atoms with van der Waals surface area (Å²) in [5, 5.41) is 0. The third kappa shape index (κ3) is 3.73. The molecule has 0 N–H and O–H groups in total. The fourth-order valence-electron chi connectivity index (χ4n) is 2.19. The zero-order valence-corrected chi connectivity index (χ0v) is 11.6. The summed E-state index contributed by atoms with van der Waals surface area (Å²) in [5.41, 5.74) is 0.634. The number of carbonyl (C=O) groups is 2. The summed E-state index contributed by atoms with van der Waals surface area (Å²) in [4.78, 5) is 23.8. The van der Waals surface area contributed by atoms with Crippen molar-refractivity contribution < 1.29 is 19.1 Å². The maximum atomic E-state index is 11.6. The highest BCUT2D eigenvalue weighted by molar-refractivity contribution is 5.74. The molecule has 2 rings (SSSR count). The third-order valence-electron chi connectivity index (χ3n) is 3.29. The first-order valence-electron chi connectivity index (χ1n) is 6.86. The molecule has 1 amide bonds. The zero-order valence-electron chi connectivity index (χ0n) is 11.6. The summed E-state index contributed by atoms with van der Waals surface area (Å²) in [7, 11) is 0. The molecule has 1 heterocycles. The molecule has 1 saturated heterocycles. The molecule has 0 bridgehead atoms. The van der Waals surface area contributed by atoms with Crippen molar-refractivity contribution in [3.63, 3.8) is 0 Å². The standard InChI is InChI=1S/C15H19NO4/c1-2-19-15(18)16-9-7-14(8-10-16)20-13-5-3-12(11-17)4-6-13/h3-6,11,14H,2,7-10H2,1H3. The smallest absolute Gasteiger partial charge is 0.409 e. The fourth-order valence-corrected chi connectivity index (χ4v) is 2.19. The minimum atomic E-state index is -0.249. The molecule has 1 aliphatic heterocycles. The summed E-state index contributed by atoms with van der Waals surface area (Å²) in [6, 6.07) is 7.05. The second kappa shape index (κ2) is 6.93. The SMILES string of the molecule is CCOC(=O)N1CCC(Oc2ccc(C=O)cc2)CC1. The van der Waals surface area contributed by atoms with E-state index in [0.717, 1.165) is 24.9 Å². The van der Waals surface area contributed by atoms with Crippen LogP contribution in [-0.4, -0.2) is 43.1 Å². The maximum Gasteiger partial charge on any atom is 0.409 e. The second-order valence-corrected chi connectivity index (χ2v) is 4.69. The second-order valence-electron chi connectivity index (χ2n) is 4.69. The minimum absolute atomic E-state index is 0.0998. The van der Waals surface area contributed by atoms with Gasteiger partial charge in [0.25, 0.3) is 0 Å². The molecule has 0 spiro atoms. The quantitative estimate of drug-likeness (QED) is 0.793. The van der Waals surface area contributed by atoms with Gasteiger partial charge in [0.1, 0.15) is 18.1 Å². The Morgan fingerprint density at radius 2 is 1.95 bits per heavy atom. The Balaban J connectivity index is 1.81. The predicted molar refractivity (Wildman–Crippen MR) is 74.1 cm³/mol. The summed E-state index contributed by atoms with van der Waals surface area (Å²) in [6.45, 7) is 3.50. The first-order valence-corrected chi connectivity index (χ1v) is 6.86. The summed E-state index contributed by atoms with van der Waals surface area (Å²) < 4.78 is 10.8. The Bertz CT molecular complexity index is 449. The molecule has 0 aliphatic carbocycles. The molecule has 1 fully saturated rings. The number of ether oxygens (including phenoxy) is 2. The molecule has 108 valence electrons. The molecule has 0 saturated carbocycles. The Labute approximate surface area is 118 Å². The summed E-state index contributed by atoms with van der Waals surface area (Å²) >= 11 is 0. The third-order valence-corrected chi connectivity index (χ3v) is 3.29. The number of aldehydes is 1. The van der Waals surface area contributed by atoms with Crippen LogP contribution in [0.4, 0.5) is 4.79 Å². The molecule has 5 nitrogen and oxygen atoms in total. The van der Waals surface area contributed by atoms with Crippen LogP contribution in [-0.2, 0) is 4.74 Å². The van der Waals surface area contributed by atoms with Gasteiger partial charge >= 0.3 is 6.09 Å². The highest BCUT2D eigenvalue weighted by atomic mass is 16.6. The lowest BCUT2D eigenvalue weighted by molar-refractivity contribution is 0.0703. The lowest BCUT2D eigenvalue weighted by Crippen LogP contribution is -2.42. The highest BCUT2D eigenvalue weighted by Gasteiger charge is 2.24. The van der Waals surface area contributed by atoms with E-state index in [-0.39, 0.29) is 12.2 Å². The van der Waals surface area contributed by atoms with Crippen molar-refractivity contribution >= 4 is 12.4 Å². The van der Waals surface area contributed by atoms with Crippen LogP contribution in [0, 0.1) is 0 Å². The van der Waals surface area contributed by atoms with Crippen LogP contribution in [0.25, 0.3) is 0 Å². The van der Waals surface area contributed by atoms with Crippen molar-refractivity contribution in [2.75, 3.05) is 19.7 Å². The molecule has 0 atom stereocenters. The van der Waals surface area contributed by atoms with E-state index in [1.807, 2.05) is 0 Å². The van der Waals surface area contributed by atoms with Gasteiger partial charge in [-0.15, -0.1) is 0 Å². The molecule has 1 aliphatic rings. The normalized spacial score (nSPS) is 15.8. The van der Waals surface area contributed by atoms with Crippen molar-refractivity contribution in [3.8, 4) is 5.75 Å². The Kier molecular flexibility index (Phi) is 4.98. The van der Waals surface area contributed by atoms with E-state index in [1.54, 1.807) is 36.1 Å². The van der Waals surface area contributed by atoms with Crippen LogP contribution >= 0.6 is 0 Å². The van der Waals surface area contributed by atoms with Crippen molar-refractivity contribution in [2.45, 2.75) is 25.9 Å². The van der Waals surface area contributed by atoms with E-state index >= 15 is 0 Å². The topological polar surface area (TPSA) is 55.8 Å². The number of piperidine rings is 1. The number of benzene rings is 1. The molecule has 1 aromatic carbocycles. The largest absolute Gasteiger partial charge is 0.490 e. The Hall–Kier alpha value is -2.04. The van der Waals surface area contributed by atoms with Gasteiger partial charge in [-0.25, -0.2) is 4.79 Å². The van der Waals surface area contributed by atoms with Gasteiger partial charge in [0.2, 0.25) is 0 Å². The van der Waals surface area contributed by atoms with Crippen molar-refractivity contribution in [3.05, 3.63) is 29.8 Å². The minimum Gasteiger partial charge on any atom is -0.490 e. The average Bonchev–Trinajstić information content (AvgIpc) is 2.49. The predicted octanol–water partition coefficient (Wildman–Crippen LogP) is 2.50. The molecule has 5 heteroatoms. The zero-order chi connectivity index (χ0) is 14.4. The van der Waals surface area contributed by atoms with E-state index in [9.17, 15) is 9.59 Å². The van der Waals surface area contributed by atoms with Crippen molar-refractivity contribution in [1.82, 2.24) is 4.90 Å². The lowest BCUT2D eigenvalue weighted by Gasteiger charge is -2.31. The van der Waals surface area contributed by atoms with Gasteiger partial charge in [0.05, 0.1) is 6.61 Å². The Morgan fingerprint density at radius 3 is 2.50 bits per heavy atom. The number of carbonyl (C=O) groups excluding carboxylic acids is 2. The van der Waals surface area contributed by atoms with Crippen LogP contribution in [0.2, 0.25) is 0 Å². The van der Waals surface area contributed by atoms with Gasteiger partial charge in [-0.05, 0) is 31.2 Å². The number of rotatable bonds is 4. The number of amides is 1. The number of hydrogen-bond acceptors (Lipinski definition) is 4. The van der Waals surface area contributed by atoms with Crippen LogP contribution < -0.4 is 4.74 Å². The first-order chi connectivity index (χ1) is 9.72. The van der Waals surface area contributed by atoms with Crippen LogP contribution in [0.15, 0.2) is 24.3 Å². The van der Waals surface area contributed by atoms with E-state index < -0.39 is 0 Å². The van der Waals surface area contributed by atoms with Crippen LogP contribution in [0.1, 0.15) is 30.1 Å². The van der Waals surface area contributed by atoms with E-state index in [2.05, 4.69) is 0 Å². The molecular weight excluding hydrogens is 258 g/mol. The van der Waals surface area contributed by atoms with Gasteiger partial charge < -0.3 is 14.4 Å². The van der Waals surface area contributed by atoms with Crippen molar-refractivity contribution in [2.24, 2.45) is 0 Å². The molecular formula is C15H19NO4. The monoisotopic (exact) mass is 277 g/mol. The first kappa shape index (κ1) is 14.4. The van der Waals surface area contributed by atoms with Crippen molar-refractivity contribution in [1.29, 1.82) is 0 Å². The summed E-state index contributed by atoms with van der Waals surface area (Å²) in [5.74, 6) is 0.755. The van der Waals surface area contributed by atoms with E-state index in [1.165, 1.54) is 0 Å². The van der Waals surface area contributed by atoms with E-state index in [0.29, 0.717) is 25.3 Å². The fraction of sp³-hybridized carbons (Fsp3) is 0.467. The molecule has 20 heavy (non-hydrogen) atoms. The van der Waals surface area contributed by atoms with Gasteiger partial charge in [0.15, 0.2) is 0 Å². The molecule has 0 unspecified atom stereocenters. The van der Waals surface area contributed by atoms with Gasteiger partial charge in [-0.1, -0.05) is 0 Å². The number of likely N-dealkylation sites (tertiary alicyclic amines) is 1. The van der Waals surface area contributed by atoms with Gasteiger partial charge in [-0.3, -0.25) is 4.79 Å². The van der Waals surface area contributed by atoms with E-state index in [4.69, 9.17) is 9.47 Å². The Morgan fingerprint density at radius 1 is 1.30 bits per heavy atom. The maximum absolute atomic E-state index is 11.6. The highest BCUT2D eigenvalue weighted by Crippen LogP contribution is 2.19. The van der Waals surface area contributed by atoms with Crippen LogP contribution in [0.5, 0.6) is 5.75 Å². The van der Waals surface area contributed by atoms with Crippen LogP contribution in [0.3, 0.4) is 0 Å². The van der Waals surface area contributed by atoms with Gasteiger partial charge in [0, 0.05) is 31.5 Å². The molecule has 0 aromatic heterocycles.